The van der Waals surface area contributed by atoms with Gasteiger partial charge in [0, 0.05) is 12.6 Å². The fraction of sp³-hybridized carbons (Fsp3) is 0.615. The highest BCUT2D eigenvalue weighted by molar-refractivity contribution is 7.07. The highest BCUT2D eigenvalue weighted by atomic mass is 32.1. The van der Waals surface area contributed by atoms with Crippen molar-refractivity contribution < 1.29 is 4.79 Å². The Morgan fingerprint density at radius 1 is 1.35 bits per heavy atom. The van der Waals surface area contributed by atoms with Gasteiger partial charge >= 0.3 is 0 Å². The maximum Gasteiger partial charge on any atom is 0.236 e. The van der Waals surface area contributed by atoms with E-state index >= 15 is 0 Å². The predicted octanol–water partition coefficient (Wildman–Crippen LogP) is 2.56. The summed E-state index contributed by atoms with van der Waals surface area (Å²) >= 11 is 1.68. The van der Waals surface area contributed by atoms with Gasteiger partial charge in [0.15, 0.2) is 0 Å². The van der Waals surface area contributed by atoms with Gasteiger partial charge in [-0.05, 0) is 42.2 Å². The van der Waals surface area contributed by atoms with Gasteiger partial charge in [0.05, 0.1) is 6.04 Å². The van der Waals surface area contributed by atoms with E-state index < -0.39 is 0 Å². The van der Waals surface area contributed by atoms with E-state index in [1.54, 1.807) is 11.3 Å². The lowest BCUT2D eigenvalue weighted by molar-refractivity contribution is -0.123. The third kappa shape index (κ3) is 4.88. The highest BCUT2D eigenvalue weighted by Gasteiger charge is 2.16. The van der Waals surface area contributed by atoms with Crippen LogP contribution in [-0.4, -0.2) is 18.5 Å². The SMILES string of the molecule is CC(C)CNC(=O)C(C)NC(C)c1ccsc1. The maximum atomic E-state index is 11.8. The van der Waals surface area contributed by atoms with Gasteiger partial charge in [-0.25, -0.2) is 0 Å². The van der Waals surface area contributed by atoms with Gasteiger partial charge in [-0.15, -0.1) is 0 Å². The van der Waals surface area contributed by atoms with Crippen LogP contribution in [0.15, 0.2) is 16.8 Å². The van der Waals surface area contributed by atoms with Gasteiger partial charge < -0.3 is 5.32 Å². The molecule has 2 atom stereocenters. The second-order valence-corrected chi connectivity index (χ2v) is 5.59. The first-order chi connectivity index (χ1) is 8.00. The molecule has 96 valence electrons. The number of thiophene rings is 1. The summed E-state index contributed by atoms with van der Waals surface area (Å²) in [5.74, 6) is 0.557. The Hall–Kier alpha value is -0.870. The van der Waals surface area contributed by atoms with Gasteiger partial charge in [0.2, 0.25) is 5.91 Å². The topological polar surface area (TPSA) is 41.1 Å². The number of carbonyl (C=O) groups excluding carboxylic acids is 1. The van der Waals surface area contributed by atoms with Crippen LogP contribution in [0.4, 0.5) is 0 Å². The Labute approximate surface area is 108 Å². The van der Waals surface area contributed by atoms with Crippen molar-refractivity contribution in [1.82, 2.24) is 10.6 Å². The first-order valence-electron chi connectivity index (χ1n) is 6.06. The molecule has 1 aromatic rings. The second-order valence-electron chi connectivity index (χ2n) is 4.81. The molecule has 2 unspecified atom stereocenters. The van der Waals surface area contributed by atoms with Crippen LogP contribution in [0, 0.1) is 5.92 Å². The molecule has 0 fully saturated rings. The van der Waals surface area contributed by atoms with E-state index in [9.17, 15) is 4.79 Å². The summed E-state index contributed by atoms with van der Waals surface area (Å²) in [4.78, 5) is 11.8. The van der Waals surface area contributed by atoms with Crippen LogP contribution in [0.3, 0.4) is 0 Å². The first kappa shape index (κ1) is 14.2. The largest absolute Gasteiger partial charge is 0.354 e. The predicted molar refractivity (Wildman–Crippen MR) is 73.2 cm³/mol. The quantitative estimate of drug-likeness (QED) is 0.819. The summed E-state index contributed by atoms with van der Waals surface area (Å²) in [5, 5.41) is 10.4. The van der Waals surface area contributed by atoms with E-state index in [1.807, 2.05) is 6.92 Å². The van der Waals surface area contributed by atoms with Crippen molar-refractivity contribution in [3.8, 4) is 0 Å². The van der Waals surface area contributed by atoms with Gasteiger partial charge in [-0.2, -0.15) is 11.3 Å². The van der Waals surface area contributed by atoms with Crippen molar-refractivity contribution in [2.45, 2.75) is 39.8 Å². The lowest BCUT2D eigenvalue weighted by Gasteiger charge is -2.19. The molecule has 1 rings (SSSR count). The van der Waals surface area contributed by atoms with Crippen LogP contribution >= 0.6 is 11.3 Å². The van der Waals surface area contributed by atoms with Crippen molar-refractivity contribution in [2.24, 2.45) is 5.92 Å². The summed E-state index contributed by atoms with van der Waals surface area (Å²) in [6, 6.07) is 2.13. The molecule has 0 spiro atoms. The van der Waals surface area contributed by atoms with Crippen molar-refractivity contribution in [2.75, 3.05) is 6.54 Å². The molecule has 0 aliphatic carbocycles. The highest BCUT2D eigenvalue weighted by Crippen LogP contribution is 2.15. The third-order valence-corrected chi connectivity index (χ3v) is 3.32. The number of nitrogens with one attached hydrogen (secondary N) is 2. The lowest BCUT2D eigenvalue weighted by Crippen LogP contribution is -2.44. The molecular formula is C13H22N2OS. The summed E-state index contributed by atoms with van der Waals surface area (Å²) in [7, 11) is 0. The summed E-state index contributed by atoms with van der Waals surface area (Å²) in [6.07, 6.45) is 0. The first-order valence-corrected chi connectivity index (χ1v) is 7.00. The van der Waals surface area contributed by atoms with Crippen molar-refractivity contribution in [1.29, 1.82) is 0 Å². The van der Waals surface area contributed by atoms with Crippen LogP contribution in [-0.2, 0) is 4.79 Å². The normalized spacial score (nSPS) is 14.6. The molecule has 1 heterocycles. The van der Waals surface area contributed by atoms with Gasteiger partial charge in [0.1, 0.15) is 0 Å². The summed E-state index contributed by atoms with van der Waals surface area (Å²) in [5.41, 5.74) is 1.23. The standard InChI is InChI=1S/C13H22N2OS/c1-9(2)7-14-13(16)11(4)15-10(3)12-5-6-17-8-12/h5-6,8-11,15H,7H2,1-4H3,(H,14,16). The molecule has 0 bridgehead atoms. The molecule has 1 amide bonds. The Balaban J connectivity index is 2.38. The van der Waals surface area contributed by atoms with E-state index in [2.05, 4.69) is 48.2 Å². The Morgan fingerprint density at radius 2 is 2.06 bits per heavy atom. The number of hydrogen-bond donors (Lipinski definition) is 2. The lowest BCUT2D eigenvalue weighted by atomic mass is 10.1. The molecular weight excluding hydrogens is 232 g/mol. The molecule has 0 saturated heterocycles. The Kier molecular flexibility index (Phi) is 5.65. The van der Waals surface area contributed by atoms with E-state index in [-0.39, 0.29) is 18.0 Å². The Morgan fingerprint density at radius 3 is 2.59 bits per heavy atom. The minimum absolute atomic E-state index is 0.0702. The van der Waals surface area contributed by atoms with Crippen LogP contribution in [0.5, 0.6) is 0 Å². The van der Waals surface area contributed by atoms with Crippen molar-refractivity contribution in [3.63, 3.8) is 0 Å². The van der Waals surface area contributed by atoms with E-state index in [4.69, 9.17) is 0 Å². The molecule has 0 aliphatic heterocycles. The molecule has 1 aromatic heterocycles. The average Bonchev–Trinajstić information content (AvgIpc) is 2.78. The molecule has 3 nitrogen and oxygen atoms in total. The van der Waals surface area contributed by atoms with E-state index in [1.165, 1.54) is 5.56 Å². The van der Waals surface area contributed by atoms with Crippen LogP contribution in [0.1, 0.15) is 39.3 Å². The number of hydrogen-bond acceptors (Lipinski definition) is 3. The fourth-order valence-corrected chi connectivity index (χ4v) is 2.28. The van der Waals surface area contributed by atoms with Gasteiger partial charge in [-0.1, -0.05) is 13.8 Å². The molecule has 2 N–H and O–H groups in total. The smallest absolute Gasteiger partial charge is 0.236 e. The van der Waals surface area contributed by atoms with E-state index in [0.29, 0.717) is 5.92 Å². The number of rotatable bonds is 6. The molecule has 17 heavy (non-hydrogen) atoms. The maximum absolute atomic E-state index is 11.8. The second kappa shape index (κ2) is 6.77. The van der Waals surface area contributed by atoms with Gasteiger partial charge in [-0.3, -0.25) is 10.1 Å². The molecule has 0 aromatic carbocycles. The summed E-state index contributed by atoms with van der Waals surface area (Å²) < 4.78 is 0. The van der Waals surface area contributed by atoms with Crippen LogP contribution in [0.2, 0.25) is 0 Å². The van der Waals surface area contributed by atoms with Crippen molar-refractivity contribution in [3.05, 3.63) is 22.4 Å². The minimum atomic E-state index is -0.163. The molecule has 0 radical (unpaired) electrons. The van der Waals surface area contributed by atoms with Crippen LogP contribution < -0.4 is 10.6 Å². The van der Waals surface area contributed by atoms with Crippen LogP contribution in [0.25, 0.3) is 0 Å². The number of amides is 1. The number of carbonyl (C=O) groups is 1. The zero-order valence-corrected chi connectivity index (χ0v) is 11.8. The average molecular weight is 254 g/mol. The molecule has 0 saturated carbocycles. The van der Waals surface area contributed by atoms with Crippen molar-refractivity contribution >= 4 is 17.2 Å². The van der Waals surface area contributed by atoms with E-state index in [0.717, 1.165) is 6.54 Å². The molecule has 0 aliphatic rings. The zero-order valence-electron chi connectivity index (χ0n) is 11.0. The van der Waals surface area contributed by atoms with Gasteiger partial charge in [0.25, 0.3) is 0 Å². The third-order valence-electron chi connectivity index (χ3n) is 2.62. The molecule has 4 heteroatoms. The Bertz CT molecular complexity index is 335. The monoisotopic (exact) mass is 254 g/mol. The minimum Gasteiger partial charge on any atom is -0.354 e. The fourth-order valence-electron chi connectivity index (χ4n) is 1.53. The zero-order chi connectivity index (χ0) is 12.8. The summed E-state index contributed by atoms with van der Waals surface area (Å²) in [6.45, 7) is 8.89.